The average molecular weight is 419 g/mol. The molecule has 0 atom stereocenters. The smallest absolute Gasteiger partial charge is 0.119 e. The molecule has 3 aromatic carbocycles. The molecule has 0 saturated carbocycles. The number of hydrogen-bond donors (Lipinski definition) is 1. The monoisotopic (exact) mass is 418 g/mol. The van der Waals surface area contributed by atoms with Gasteiger partial charge in [-0.3, -0.25) is 5.26 Å². The van der Waals surface area contributed by atoms with E-state index in [2.05, 4.69) is 53.9 Å². The summed E-state index contributed by atoms with van der Waals surface area (Å²) in [4.78, 5) is 4.04. The van der Waals surface area contributed by atoms with Crippen molar-refractivity contribution in [1.82, 2.24) is 0 Å². The lowest BCUT2D eigenvalue weighted by atomic mass is 9.92. The van der Waals surface area contributed by atoms with Gasteiger partial charge < -0.3 is 9.47 Å². The summed E-state index contributed by atoms with van der Waals surface area (Å²) in [5, 5.41) is 8.39. The maximum Gasteiger partial charge on any atom is 0.119 e. The summed E-state index contributed by atoms with van der Waals surface area (Å²) in [7, 11) is 0. The highest BCUT2D eigenvalue weighted by Gasteiger charge is 2.09. The Kier molecular flexibility index (Phi) is 8.71. The fourth-order valence-electron chi connectivity index (χ4n) is 3.54. The highest BCUT2D eigenvalue weighted by Crippen LogP contribution is 2.32. The summed E-state index contributed by atoms with van der Waals surface area (Å²) in [6, 6.07) is 22.9. The van der Waals surface area contributed by atoms with Crippen molar-refractivity contribution in [3.05, 3.63) is 84.9 Å². The van der Waals surface area contributed by atoms with E-state index < -0.39 is 0 Å². The van der Waals surface area contributed by atoms with Crippen LogP contribution >= 0.6 is 0 Å². The predicted octanol–water partition coefficient (Wildman–Crippen LogP) is 6.80. The molecular weight excluding hydrogens is 388 g/mol. The van der Waals surface area contributed by atoms with E-state index in [-0.39, 0.29) is 6.61 Å². The molecule has 0 aliphatic rings. The fourth-order valence-corrected chi connectivity index (χ4v) is 3.54. The molecule has 3 aromatic rings. The lowest BCUT2D eigenvalue weighted by Gasteiger charge is -2.14. The third-order valence-corrected chi connectivity index (χ3v) is 5.07. The lowest BCUT2D eigenvalue weighted by Crippen LogP contribution is -2.04. The van der Waals surface area contributed by atoms with Crippen molar-refractivity contribution < 1.29 is 19.6 Å². The van der Waals surface area contributed by atoms with Crippen molar-refractivity contribution in [3.63, 3.8) is 0 Å². The SMILES string of the molecule is C=CCCCc1cc(-c2ccc(OCCOO)cc2)ccc1-c1ccc(OCC)cc1. The minimum atomic E-state index is 0.142. The molecule has 0 aliphatic carbocycles. The van der Waals surface area contributed by atoms with Gasteiger partial charge in [-0.1, -0.05) is 48.5 Å². The summed E-state index contributed by atoms with van der Waals surface area (Å²) in [6.45, 7) is 6.96. The maximum atomic E-state index is 8.39. The van der Waals surface area contributed by atoms with Gasteiger partial charge in [0.25, 0.3) is 0 Å². The van der Waals surface area contributed by atoms with Crippen LogP contribution in [0.5, 0.6) is 11.5 Å². The summed E-state index contributed by atoms with van der Waals surface area (Å²) in [5.41, 5.74) is 6.07. The maximum absolute atomic E-state index is 8.39. The zero-order valence-electron chi connectivity index (χ0n) is 18.0. The van der Waals surface area contributed by atoms with Crippen molar-refractivity contribution in [2.45, 2.75) is 26.2 Å². The highest BCUT2D eigenvalue weighted by molar-refractivity contribution is 5.74. The summed E-state index contributed by atoms with van der Waals surface area (Å²) in [5.74, 6) is 1.64. The molecule has 0 aromatic heterocycles. The van der Waals surface area contributed by atoms with Gasteiger partial charge in [-0.05, 0) is 78.3 Å². The molecule has 0 bridgehead atoms. The molecule has 0 saturated heterocycles. The minimum absolute atomic E-state index is 0.142. The summed E-state index contributed by atoms with van der Waals surface area (Å²) >= 11 is 0. The topological polar surface area (TPSA) is 47.9 Å². The molecular formula is C27H30O4. The van der Waals surface area contributed by atoms with Crippen LogP contribution in [0.25, 0.3) is 22.3 Å². The van der Waals surface area contributed by atoms with E-state index >= 15 is 0 Å². The van der Waals surface area contributed by atoms with Gasteiger partial charge in [0.05, 0.1) is 6.61 Å². The normalized spacial score (nSPS) is 10.6. The van der Waals surface area contributed by atoms with E-state index in [4.69, 9.17) is 14.7 Å². The van der Waals surface area contributed by atoms with Crippen LogP contribution in [-0.4, -0.2) is 25.1 Å². The first kappa shape index (κ1) is 22.6. The number of hydrogen-bond acceptors (Lipinski definition) is 4. The molecule has 3 rings (SSSR count). The van der Waals surface area contributed by atoms with Gasteiger partial charge >= 0.3 is 0 Å². The van der Waals surface area contributed by atoms with Crippen molar-refractivity contribution in [1.29, 1.82) is 0 Å². The van der Waals surface area contributed by atoms with Gasteiger partial charge in [0, 0.05) is 0 Å². The second-order valence-corrected chi connectivity index (χ2v) is 7.22. The second-order valence-electron chi connectivity index (χ2n) is 7.22. The second kappa shape index (κ2) is 11.9. The van der Waals surface area contributed by atoms with E-state index in [1.54, 1.807) is 0 Å². The Morgan fingerprint density at radius 3 is 2.10 bits per heavy atom. The minimum Gasteiger partial charge on any atom is -0.494 e. The molecule has 0 unspecified atom stereocenters. The van der Waals surface area contributed by atoms with E-state index in [1.807, 2.05) is 37.3 Å². The van der Waals surface area contributed by atoms with Crippen LogP contribution in [0.15, 0.2) is 79.4 Å². The number of benzene rings is 3. The fraction of sp³-hybridized carbons (Fsp3) is 0.259. The third-order valence-electron chi connectivity index (χ3n) is 5.07. The van der Waals surface area contributed by atoms with Crippen LogP contribution < -0.4 is 9.47 Å². The molecule has 0 radical (unpaired) electrons. The largest absolute Gasteiger partial charge is 0.494 e. The number of rotatable bonds is 12. The Hall–Kier alpha value is -3.08. The number of ether oxygens (including phenoxy) is 2. The van der Waals surface area contributed by atoms with Crippen molar-refractivity contribution in [2.75, 3.05) is 19.8 Å². The first-order chi connectivity index (χ1) is 15.2. The summed E-state index contributed by atoms with van der Waals surface area (Å²) in [6.07, 6.45) is 5.03. The Labute approximate surface area is 184 Å². The lowest BCUT2D eigenvalue weighted by molar-refractivity contribution is -0.245. The van der Waals surface area contributed by atoms with Crippen LogP contribution in [0.3, 0.4) is 0 Å². The highest BCUT2D eigenvalue weighted by atomic mass is 17.1. The summed E-state index contributed by atoms with van der Waals surface area (Å²) < 4.78 is 11.1. The predicted molar refractivity (Wildman–Crippen MR) is 126 cm³/mol. The molecule has 0 amide bonds. The Morgan fingerprint density at radius 2 is 1.45 bits per heavy atom. The van der Waals surface area contributed by atoms with Gasteiger partial charge in [0.1, 0.15) is 24.7 Å². The van der Waals surface area contributed by atoms with Crippen LogP contribution in [0, 0.1) is 0 Å². The van der Waals surface area contributed by atoms with Crippen LogP contribution in [0.2, 0.25) is 0 Å². The molecule has 162 valence electrons. The molecule has 0 spiro atoms. The average Bonchev–Trinajstić information content (AvgIpc) is 2.81. The van der Waals surface area contributed by atoms with E-state index in [0.29, 0.717) is 13.2 Å². The Morgan fingerprint density at radius 1 is 0.806 bits per heavy atom. The number of unbranched alkanes of at least 4 members (excludes halogenated alkanes) is 1. The molecule has 1 N–H and O–H groups in total. The third kappa shape index (κ3) is 6.45. The zero-order chi connectivity index (χ0) is 21.9. The molecule has 0 heterocycles. The molecule has 4 heteroatoms. The van der Waals surface area contributed by atoms with Crippen molar-refractivity contribution in [3.8, 4) is 33.8 Å². The van der Waals surface area contributed by atoms with Crippen molar-refractivity contribution in [2.24, 2.45) is 0 Å². The van der Waals surface area contributed by atoms with Crippen LogP contribution in [-0.2, 0) is 11.3 Å². The van der Waals surface area contributed by atoms with Gasteiger partial charge in [0.2, 0.25) is 0 Å². The van der Waals surface area contributed by atoms with Crippen LogP contribution in [0.1, 0.15) is 25.3 Å². The van der Waals surface area contributed by atoms with Gasteiger partial charge in [0.15, 0.2) is 0 Å². The van der Waals surface area contributed by atoms with E-state index in [1.165, 1.54) is 22.3 Å². The Bertz CT molecular complexity index is 946. The first-order valence-electron chi connectivity index (χ1n) is 10.7. The number of allylic oxidation sites excluding steroid dienone is 1. The van der Waals surface area contributed by atoms with Crippen molar-refractivity contribution >= 4 is 0 Å². The van der Waals surface area contributed by atoms with Gasteiger partial charge in [-0.15, -0.1) is 6.58 Å². The first-order valence-corrected chi connectivity index (χ1v) is 10.7. The molecule has 4 nitrogen and oxygen atoms in total. The number of aryl methyl sites for hydroxylation is 1. The van der Waals surface area contributed by atoms with E-state index in [0.717, 1.165) is 36.3 Å². The molecule has 0 aliphatic heterocycles. The Balaban J connectivity index is 1.85. The van der Waals surface area contributed by atoms with Crippen LogP contribution in [0.4, 0.5) is 0 Å². The van der Waals surface area contributed by atoms with Gasteiger partial charge in [-0.2, -0.15) is 0 Å². The zero-order valence-corrected chi connectivity index (χ0v) is 18.0. The quantitative estimate of drug-likeness (QED) is 0.152. The molecule has 0 fully saturated rings. The van der Waals surface area contributed by atoms with Gasteiger partial charge in [-0.25, -0.2) is 4.89 Å². The molecule has 31 heavy (non-hydrogen) atoms. The standard InChI is InChI=1S/C27H30O4/c1-3-5-6-7-24-20-23(21-8-13-26(14-9-21)30-18-19-31-28)12-17-27(24)22-10-15-25(16-11-22)29-4-2/h3,8-17,20,28H,1,4-7,18-19H2,2H3. The van der Waals surface area contributed by atoms with E-state index in [9.17, 15) is 0 Å².